The number of ether oxygens (including phenoxy) is 2. The summed E-state index contributed by atoms with van der Waals surface area (Å²) in [5, 5.41) is 4.75. The van der Waals surface area contributed by atoms with E-state index < -0.39 is 0 Å². The number of rotatable bonds is 4. The molecular weight excluding hydrogens is 326 g/mol. The Labute approximate surface area is 143 Å². The van der Waals surface area contributed by atoms with Crippen molar-refractivity contribution in [2.75, 3.05) is 19.8 Å². The first kappa shape index (κ1) is 15.0. The summed E-state index contributed by atoms with van der Waals surface area (Å²) in [5.74, 6) is 2.04. The maximum atomic E-state index is 12.4. The van der Waals surface area contributed by atoms with E-state index in [4.69, 9.17) is 9.47 Å². The topological polar surface area (TPSA) is 65.4 Å². The zero-order chi connectivity index (χ0) is 16.5. The number of carbonyl (C=O) groups is 1. The molecule has 124 valence electrons. The van der Waals surface area contributed by atoms with Gasteiger partial charge in [-0.05, 0) is 12.1 Å². The maximum absolute atomic E-state index is 12.4. The third-order valence-electron chi connectivity index (χ3n) is 4.02. The monoisotopic (exact) mass is 343 g/mol. The second-order valence-corrected chi connectivity index (χ2v) is 6.42. The fourth-order valence-corrected chi connectivity index (χ4v) is 3.65. The Hall–Kier alpha value is -2.54. The van der Waals surface area contributed by atoms with Gasteiger partial charge in [0.15, 0.2) is 11.5 Å². The zero-order valence-electron chi connectivity index (χ0n) is 13.2. The van der Waals surface area contributed by atoms with Crippen LogP contribution in [0.25, 0.3) is 11.0 Å². The van der Waals surface area contributed by atoms with Crippen LogP contribution in [0.1, 0.15) is 15.5 Å². The van der Waals surface area contributed by atoms with Gasteiger partial charge in [0.25, 0.3) is 5.91 Å². The lowest BCUT2D eigenvalue weighted by Crippen LogP contribution is -2.26. The molecule has 0 saturated heterocycles. The predicted molar refractivity (Wildman–Crippen MR) is 92.1 cm³/mol. The highest BCUT2D eigenvalue weighted by molar-refractivity contribution is 7.12. The molecule has 1 aliphatic heterocycles. The number of hydrogen-bond donors (Lipinski definition) is 1. The molecule has 6 nitrogen and oxygen atoms in total. The van der Waals surface area contributed by atoms with Crippen LogP contribution in [0.4, 0.5) is 0 Å². The Kier molecular flexibility index (Phi) is 3.86. The highest BCUT2D eigenvalue weighted by Gasteiger charge is 2.23. The first-order valence-corrected chi connectivity index (χ1v) is 8.67. The van der Waals surface area contributed by atoms with Gasteiger partial charge in [-0.15, -0.1) is 11.3 Å². The lowest BCUT2D eigenvalue weighted by molar-refractivity contribution is 0.0949. The van der Waals surface area contributed by atoms with Crippen LogP contribution in [0.2, 0.25) is 0 Å². The van der Waals surface area contributed by atoms with Crippen molar-refractivity contribution in [1.29, 1.82) is 0 Å². The SMILES string of the molecule is Cn1c(CCNC(=O)c2scc3c2OCCO3)nc2ccccc21. The van der Waals surface area contributed by atoms with Crippen molar-refractivity contribution in [3.8, 4) is 11.5 Å². The van der Waals surface area contributed by atoms with Crippen molar-refractivity contribution in [1.82, 2.24) is 14.9 Å². The Morgan fingerprint density at radius 1 is 1.33 bits per heavy atom. The Bertz CT molecular complexity index is 900. The van der Waals surface area contributed by atoms with E-state index >= 15 is 0 Å². The highest BCUT2D eigenvalue weighted by Crippen LogP contribution is 2.39. The van der Waals surface area contributed by atoms with Gasteiger partial charge in [-0.2, -0.15) is 0 Å². The van der Waals surface area contributed by atoms with Crippen LogP contribution in [0, 0.1) is 0 Å². The van der Waals surface area contributed by atoms with Gasteiger partial charge in [0.05, 0.1) is 11.0 Å². The molecule has 7 heteroatoms. The summed E-state index contributed by atoms with van der Waals surface area (Å²) in [6, 6.07) is 8.01. The minimum absolute atomic E-state index is 0.134. The molecule has 0 atom stereocenters. The minimum Gasteiger partial charge on any atom is -0.485 e. The third kappa shape index (κ3) is 2.60. The number of imidazole rings is 1. The number of nitrogens with one attached hydrogen (secondary N) is 1. The number of aryl methyl sites for hydroxylation is 1. The lowest BCUT2D eigenvalue weighted by atomic mass is 10.3. The number of amides is 1. The summed E-state index contributed by atoms with van der Waals surface area (Å²) >= 11 is 1.34. The van der Waals surface area contributed by atoms with E-state index in [0.717, 1.165) is 16.9 Å². The van der Waals surface area contributed by atoms with Crippen LogP contribution in [0.3, 0.4) is 0 Å². The molecule has 0 unspecified atom stereocenters. The molecule has 4 rings (SSSR count). The van der Waals surface area contributed by atoms with Crippen LogP contribution in [-0.4, -0.2) is 35.2 Å². The zero-order valence-corrected chi connectivity index (χ0v) is 14.1. The molecule has 1 N–H and O–H groups in total. The first-order chi connectivity index (χ1) is 11.7. The van der Waals surface area contributed by atoms with Gasteiger partial charge in [0, 0.05) is 25.4 Å². The van der Waals surface area contributed by atoms with Gasteiger partial charge in [-0.1, -0.05) is 12.1 Å². The molecule has 0 aliphatic carbocycles. The Morgan fingerprint density at radius 2 is 2.17 bits per heavy atom. The van der Waals surface area contributed by atoms with E-state index in [1.165, 1.54) is 11.3 Å². The normalized spacial score (nSPS) is 13.2. The molecule has 1 aliphatic rings. The number of carbonyl (C=O) groups excluding carboxylic acids is 1. The second kappa shape index (κ2) is 6.16. The average Bonchev–Trinajstić information content (AvgIpc) is 3.17. The molecule has 0 bridgehead atoms. The van der Waals surface area contributed by atoms with Crippen LogP contribution in [0.5, 0.6) is 11.5 Å². The van der Waals surface area contributed by atoms with Gasteiger partial charge in [-0.25, -0.2) is 4.98 Å². The van der Waals surface area contributed by atoms with Gasteiger partial charge in [0.2, 0.25) is 0 Å². The summed E-state index contributed by atoms with van der Waals surface area (Å²) in [6.45, 7) is 1.52. The van der Waals surface area contributed by atoms with Gasteiger partial charge in [-0.3, -0.25) is 4.79 Å². The third-order valence-corrected chi connectivity index (χ3v) is 4.96. The molecule has 0 fully saturated rings. The van der Waals surface area contributed by atoms with Crippen LogP contribution >= 0.6 is 11.3 Å². The van der Waals surface area contributed by atoms with E-state index in [1.807, 2.05) is 36.7 Å². The summed E-state index contributed by atoms with van der Waals surface area (Å²) in [7, 11) is 1.99. The van der Waals surface area contributed by atoms with Crippen molar-refractivity contribution in [3.63, 3.8) is 0 Å². The molecule has 0 spiro atoms. The fourth-order valence-electron chi connectivity index (χ4n) is 2.81. The molecule has 0 radical (unpaired) electrons. The van der Waals surface area contributed by atoms with E-state index in [2.05, 4.69) is 14.9 Å². The van der Waals surface area contributed by atoms with E-state index in [0.29, 0.717) is 42.6 Å². The van der Waals surface area contributed by atoms with Crippen LogP contribution < -0.4 is 14.8 Å². The quantitative estimate of drug-likeness (QED) is 0.790. The summed E-state index contributed by atoms with van der Waals surface area (Å²) in [5.41, 5.74) is 2.07. The standard InChI is InChI=1S/C17H17N3O3S/c1-20-12-5-3-2-4-11(12)19-14(20)6-7-18-17(21)16-15-13(10-24-16)22-8-9-23-15/h2-5,10H,6-9H2,1H3,(H,18,21). The molecule has 3 heterocycles. The van der Waals surface area contributed by atoms with Crippen molar-refractivity contribution < 1.29 is 14.3 Å². The molecule has 1 aromatic carbocycles. The second-order valence-electron chi connectivity index (χ2n) is 5.54. The average molecular weight is 343 g/mol. The van der Waals surface area contributed by atoms with E-state index in [9.17, 15) is 4.79 Å². The molecule has 0 saturated carbocycles. The number of thiophene rings is 1. The van der Waals surface area contributed by atoms with Crippen molar-refractivity contribution in [2.24, 2.45) is 7.05 Å². The smallest absolute Gasteiger partial charge is 0.265 e. The number of para-hydroxylation sites is 2. The number of fused-ring (bicyclic) bond motifs is 2. The lowest BCUT2D eigenvalue weighted by Gasteiger charge is -2.15. The summed E-state index contributed by atoms with van der Waals surface area (Å²) < 4.78 is 13.1. The van der Waals surface area contributed by atoms with E-state index in [-0.39, 0.29) is 5.91 Å². The Morgan fingerprint density at radius 3 is 3.04 bits per heavy atom. The van der Waals surface area contributed by atoms with E-state index in [1.54, 1.807) is 0 Å². The minimum atomic E-state index is -0.134. The molecule has 2 aromatic heterocycles. The predicted octanol–water partition coefficient (Wildman–Crippen LogP) is 2.38. The Balaban J connectivity index is 1.42. The largest absolute Gasteiger partial charge is 0.485 e. The summed E-state index contributed by atoms with van der Waals surface area (Å²) in [6.07, 6.45) is 0.668. The molecule has 1 amide bonds. The number of nitrogens with zero attached hydrogens (tertiary/aromatic N) is 2. The van der Waals surface area contributed by atoms with Crippen LogP contribution in [0.15, 0.2) is 29.6 Å². The molecule has 24 heavy (non-hydrogen) atoms. The van der Waals surface area contributed by atoms with Crippen molar-refractivity contribution in [2.45, 2.75) is 6.42 Å². The number of hydrogen-bond acceptors (Lipinski definition) is 5. The first-order valence-electron chi connectivity index (χ1n) is 7.79. The number of aromatic nitrogens is 2. The summed E-state index contributed by atoms with van der Waals surface area (Å²) in [4.78, 5) is 17.5. The van der Waals surface area contributed by atoms with Gasteiger partial charge >= 0.3 is 0 Å². The molecular formula is C17H17N3O3S. The van der Waals surface area contributed by atoms with Gasteiger partial charge in [0.1, 0.15) is 23.9 Å². The fraction of sp³-hybridized carbons (Fsp3) is 0.294. The number of benzene rings is 1. The maximum Gasteiger partial charge on any atom is 0.265 e. The van der Waals surface area contributed by atoms with Crippen LogP contribution in [-0.2, 0) is 13.5 Å². The molecule has 3 aromatic rings. The highest BCUT2D eigenvalue weighted by atomic mass is 32.1. The van der Waals surface area contributed by atoms with Gasteiger partial charge < -0.3 is 19.4 Å². The van der Waals surface area contributed by atoms with Crippen molar-refractivity contribution >= 4 is 28.3 Å². The van der Waals surface area contributed by atoms with Crippen molar-refractivity contribution in [3.05, 3.63) is 40.3 Å².